The molecule has 1 atom stereocenters. The van der Waals surface area contributed by atoms with Crippen LogP contribution in [0.3, 0.4) is 0 Å². The Morgan fingerprint density at radius 3 is 2.62 bits per heavy atom. The van der Waals surface area contributed by atoms with Crippen LogP contribution in [0, 0.1) is 0 Å². The molecule has 0 radical (unpaired) electrons. The van der Waals surface area contributed by atoms with Crippen LogP contribution in [-0.2, 0) is 24.2 Å². The Kier molecular flexibility index (Phi) is 6.44. The topological polar surface area (TPSA) is 89.5 Å². The SMILES string of the molecule is CSc1ccc(/C=C/C(=O)OCC(=O)N[C@H]2CCS(=O)(=O)C2)cc1. The van der Waals surface area contributed by atoms with Crippen molar-refractivity contribution < 1.29 is 22.7 Å². The number of nitrogens with one attached hydrogen (secondary N) is 1. The smallest absolute Gasteiger partial charge is 0.331 e. The van der Waals surface area contributed by atoms with Crippen LogP contribution in [0.5, 0.6) is 0 Å². The van der Waals surface area contributed by atoms with Gasteiger partial charge in [0.15, 0.2) is 16.4 Å². The predicted molar refractivity (Wildman–Crippen MR) is 93.4 cm³/mol. The molecule has 1 aliphatic rings. The normalized spacial score (nSPS) is 19.3. The number of esters is 1. The second-order valence-corrected chi connectivity index (χ2v) is 8.49. The molecule has 130 valence electrons. The van der Waals surface area contributed by atoms with Crippen molar-refractivity contribution in [2.24, 2.45) is 0 Å². The molecule has 0 aliphatic carbocycles. The number of amides is 1. The maximum absolute atomic E-state index is 11.6. The number of hydrogen-bond acceptors (Lipinski definition) is 6. The van der Waals surface area contributed by atoms with Crippen LogP contribution in [0.1, 0.15) is 12.0 Å². The zero-order valence-corrected chi connectivity index (χ0v) is 14.9. The van der Waals surface area contributed by atoms with Crippen LogP contribution in [-0.4, -0.2) is 50.7 Å². The minimum Gasteiger partial charge on any atom is -0.452 e. The zero-order valence-electron chi connectivity index (χ0n) is 13.2. The van der Waals surface area contributed by atoms with E-state index in [2.05, 4.69) is 5.32 Å². The molecule has 8 heteroatoms. The summed E-state index contributed by atoms with van der Waals surface area (Å²) >= 11 is 1.63. The van der Waals surface area contributed by atoms with E-state index in [0.29, 0.717) is 6.42 Å². The first-order valence-electron chi connectivity index (χ1n) is 7.36. The lowest BCUT2D eigenvalue weighted by Crippen LogP contribution is -2.38. The van der Waals surface area contributed by atoms with Gasteiger partial charge in [-0.2, -0.15) is 0 Å². The second kappa shape index (κ2) is 8.34. The van der Waals surface area contributed by atoms with Gasteiger partial charge in [0, 0.05) is 17.0 Å². The van der Waals surface area contributed by atoms with Crippen molar-refractivity contribution in [2.45, 2.75) is 17.4 Å². The van der Waals surface area contributed by atoms with E-state index in [4.69, 9.17) is 4.74 Å². The third-order valence-corrected chi connectivity index (χ3v) is 5.98. The van der Waals surface area contributed by atoms with Crippen LogP contribution in [0.15, 0.2) is 35.2 Å². The Hall–Kier alpha value is -1.80. The summed E-state index contributed by atoms with van der Waals surface area (Å²) in [6.45, 7) is -0.425. The quantitative estimate of drug-likeness (QED) is 0.461. The molecular weight excluding hydrogens is 350 g/mol. The van der Waals surface area contributed by atoms with Gasteiger partial charge in [-0.3, -0.25) is 4.79 Å². The van der Waals surface area contributed by atoms with Crippen molar-refractivity contribution in [2.75, 3.05) is 24.4 Å². The largest absolute Gasteiger partial charge is 0.452 e. The van der Waals surface area contributed by atoms with Crippen LogP contribution in [0.4, 0.5) is 0 Å². The summed E-state index contributed by atoms with van der Waals surface area (Å²) in [5, 5.41) is 2.55. The van der Waals surface area contributed by atoms with Crippen molar-refractivity contribution >= 4 is 39.6 Å². The lowest BCUT2D eigenvalue weighted by molar-refractivity contribution is -0.143. The van der Waals surface area contributed by atoms with Gasteiger partial charge in [0.25, 0.3) is 5.91 Å². The predicted octanol–water partition coefficient (Wildman–Crippen LogP) is 1.27. The number of carbonyl (C=O) groups excluding carboxylic acids is 2. The van der Waals surface area contributed by atoms with E-state index in [1.54, 1.807) is 17.8 Å². The number of rotatable bonds is 6. The number of sulfone groups is 1. The summed E-state index contributed by atoms with van der Waals surface area (Å²) in [6, 6.07) is 7.25. The first-order valence-corrected chi connectivity index (χ1v) is 10.4. The Bertz CT molecular complexity index is 725. The van der Waals surface area contributed by atoms with Gasteiger partial charge in [-0.05, 0) is 36.4 Å². The number of hydrogen-bond donors (Lipinski definition) is 1. The molecule has 1 N–H and O–H groups in total. The molecule has 1 amide bonds. The van der Waals surface area contributed by atoms with Crippen molar-refractivity contribution in [3.05, 3.63) is 35.9 Å². The molecule has 1 fully saturated rings. The Labute approximate surface area is 145 Å². The van der Waals surface area contributed by atoms with Gasteiger partial charge in [0.05, 0.1) is 11.5 Å². The second-order valence-electron chi connectivity index (χ2n) is 5.38. The van der Waals surface area contributed by atoms with E-state index in [-0.39, 0.29) is 11.5 Å². The molecule has 1 heterocycles. The molecule has 1 saturated heterocycles. The van der Waals surface area contributed by atoms with E-state index in [1.807, 2.05) is 30.5 Å². The summed E-state index contributed by atoms with van der Waals surface area (Å²) in [4.78, 5) is 24.4. The first-order chi connectivity index (χ1) is 11.4. The Morgan fingerprint density at radius 2 is 2.04 bits per heavy atom. The number of ether oxygens (including phenoxy) is 1. The fourth-order valence-corrected chi connectivity index (χ4v) is 4.32. The molecule has 0 saturated carbocycles. The van der Waals surface area contributed by atoms with E-state index >= 15 is 0 Å². The molecular formula is C16H19NO5S2. The van der Waals surface area contributed by atoms with E-state index in [1.165, 1.54) is 6.08 Å². The lowest BCUT2D eigenvalue weighted by atomic mass is 10.2. The summed E-state index contributed by atoms with van der Waals surface area (Å²) < 4.78 is 27.4. The van der Waals surface area contributed by atoms with Gasteiger partial charge in [0.2, 0.25) is 0 Å². The molecule has 0 aromatic heterocycles. The van der Waals surface area contributed by atoms with Gasteiger partial charge >= 0.3 is 5.97 Å². The highest BCUT2D eigenvalue weighted by Crippen LogP contribution is 2.15. The Morgan fingerprint density at radius 1 is 1.33 bits per heavy atom. The maximum atomic E-state index is 11.6. The molecule has 1 aliphatic heterocycles. The molecule has 24 heavy (non-hydrogen) atoms. The van der Waals surface area contributed by atoms with Gasteiger partial charge < -0.3 is 10.1 Å². The van der Waals surface area contributed by atoms with Crippen molar-refractivity contribution in [1.82, 2.24) is 5.32 Å². The third kappa shape index (κ3) is 6.01. The standard InChI is InChI=1S/C16H19NO5S2/c1-23-14-5-2-12(3-6-14)4-7-16(19)22-10-15(18)17-13-8-9-24(20,21)11-13/h2-7,13H,8-11H2,1H3,(H,17,18)/b7-4+/t13-/m0/s1. The highest BCUT2D eigenvalue weighted by atomic mass is 32.2. The van der Waals surface area contributed by atoms with Crippen LogP contribution < -0.4 is 5.32 Å². The maximum Gasteiger partial charge on any atom is 0.331 e. The van der Waals surface area contributed by atoms with Crippen LogP contribution in [0.2, 0.25) is 0 Å². The van der Waals surface area contributed by atoms with Gasteiger partial charge in [-0.25, -0.2) is 13.2 Å². The highest BCUT2D eigenvalue weighted by molar-refractivity contribution is 7.98. The van der Waals surface area contributed by atoms with E-state index in [0.717, 1.165) is 10.5 Å². The molecule has 0 unspecified atom stereocenters. The lowest BCUT2D eigenvalue weighted by Gasteiger charge is -2.10. The van der Waals surface area contributed by atoms with Gasteiger partial charge in [-0.1, -0.05) is 12.1 Å². The van der Waals surface area contributed by atoms with Crippen molar-refractivity contribution in [3.63, 3.8) is 0 Å². The molecule has 0 spiro atoms. The zero-order chi connectivity index (χ0) is 17.6. The van der Waals surface area contributed by atoms with E-state index in [9.17, 15) is 18.0 Å². The minimum atomic E-state index is -3.05. The number of thioether (sulfide) groups is 1. The van der Waals surface area contributed by atoms with E-state index < -0.39 is 34.4 Å². The molecule has 1 aromatic carbocycles. The molecule has 2 rings (SSSR count). The summed E-state index contributed by atoms with van der Waals surface area (Å²) in [6.07, 6.45) is 5.23. The molecule has 6 nitrogen and oxygen atoms in total. The number of carbonyl (C=O) groups is 2. The fraction of sp³-hybridized carbons (Fsp3) is 0.375. The average Bonchev–Trinajstić information content (AvgIpc) is 2.90. The number of benzene rings is 1. The van der Waals surface area contributed by atoms with Gasteiger partial charge in [0.1, 0.15) is 0 Å². The average molecular weight is 369 g/mol. The fourth-order valence-electron chi connectivity index (χ4n) is 2.24. The monoisotopic (exact) mass is 369 g/mol. The van der Waals surface area contributed by atoms with Crippen molar-refractivity contribution in [1.29, 1.82) is 0 Å². The minimum absolute atomic E-state index is 0.0569. The molecule has 1 aromatic rings. The van der Waals surface area contributed by atoms with Gasteiger partial charge in [-0.15, -0.1) is 11.8 Å². The summed E-state index contributed by atoms with van der Waals surface area (Å²) in [5.41, 5.74) is 0.852. The summed E-state index contributed by atoms with van der Waals surface area (Å²) in [7, 11) is -3.05. The van der Waals surface area contributed by atoms with Crippen molar-refractivity contribution in [3.8, 4) is 0 Å². The van der Waals surface area contributed by atoms with Crippen LogP contribution in [0.25, 0.3) is 6.08 Å². The third-order valence-electron chi connectivity index (χ3n) is 3.47. The van der Waals surface area contributed by atoms with Crippen LogP contribution >= 0.6 is 11.8 Å². The highest BCUT2D eigenvalue weighted by Gasteiger charge is 2.28. The molecule has 0 bridgehead atoms. The summed E-state index contributed by atoms with van der Waals surface area (Å²) in [5.74, 6) is -1.10. The Balaban J connectivity index is 1.74. The first kappa shape index (κ1) is 18.5.